The predicted octanol–water partition coefficient (Wildman–Crippen LogP) is 5.37. The summed E-state index contributed by atoms with van der Waals surface area (Å²) < 4.78 is 6.06. The lowest BCUT2D eigenvalue weighted by Crippen LogP contribution is -2.52. The van der Waals surface area contributed by atoms with E-state index in [2.05, 4.69) is 16.0 Å². The lowest BCUT2D eigenvalue weighted by molar-refractivity contribution is 0.0925. The third kappa shape index (κ3) is 3.18. The van der Waals surface area contributed by atoms with Gasteiger partial charge in [0.05, 0.1) is 16.2 Å². The van der Waals surface area contributed by atoms with Crippen LogP contribution >= 0.6 is 22.9 Å². The smallest absolute Gasteiger partial charge is 0.319 e. The van der Waals surface area contributed by atoms with Crippen LogP contribution in [-0.4, -0.2) is 11.9 Å². The van der Waals surface area contributed by atoms with Gasteiger partial charge in [-0.1, -0.05) is 30.9 Å². The normalized spacial score (nSPS) is 17.6. The molecule has 29 heavy (non-hydrogen) atoms. The summed E-state index contributed by atoms with van der Waals surface area (Å²) in [7, 11) is 0. The van der Waals surface area contributed by atoms with E-state index in [1.807, 2.05) is 16.8 Å². The molecule has 1 aromatic carbocycles. The number of furan rings is 1. The van der Waals surface area contributed by atoms with E-state index in [1.54, 1.807) is 23.5 Å². The van der Waals surface area contributed by atoms with E-state index in [1.165, 1.54) is 0 Å². The minimum atomic E-state index is -0.513. The SMILES string of the molecule is O=C1Nc2c(Cl)cc3cc(C(=O)NCc4ccsc4)oc3c2C2(CCCCC2)N1. The average Bonchev–Trinajstić information content (AvgIpc) is 3.36. The molecule has 150 valence electrons. The van der Waals surface area contributed by atoms with Crippen molar-refractivity contribution in [2.45, 2.75) is 44.2 Å². The van der Waals surface area contributed by atoms with Crippen molar-refractivity contribution in [1.82, 2.24) is 10.6 Å². The second-order valence-electron chi connectivity index (χ2n) is 7.67. The topological polar surface area (TPSA) is 83.4 Å². The van der Waals surface area contributed by atoms with E-state index in [0.29, 0.717) is 22.8 Å². The van der Waals surface area contributed by atoms with Gasteiger partial charge in [-0.2, -0.15) is 11.3 Å². The first-order chi connectivity index (χ1) is 14.1. The van der Waals surface area contributed by atoms with Crippen molar-refractivity contribution in [3.63, 3.8) is 0 Å². The molecule has 3 heterocycles. The number of fused-ring (bicyclic) bond motifs is 4. The molecule has 1 saturated carbocycles. The van der Waals surface area contributed by atoms with E-state index in [9.17, 15) is 9.59 Å². The molecule has 8 heteroatoms. The Labute approximate surface area is 176 Å². The molecular formula is C21H20ClN3O3S. The van der Waals surface area contributed by atoms with E-state index < -0.39 is 5.54 Å². The molecule has 0 radical (unpaired) electrons. The molecule has 5 rings (SSSR count). The van der Waals surface area contributed by atoms with Crippen molar-refractivity contribution in [2.75, 3.05) is 5.32 Å². The summed E-state index contributed by atoms with van der Waals surface area (Å²) in [5.41, 5.74) is 2.59. The highest BCUT2D eigenvalue weighted by molar-refractivity contribution is 7.07. The molecule has 0 atom stereocenters. The zero-order valence-electron chi connectivity index (χ0n) is 15.6. The monoisotopic (exact) mass is 429 g/mol. The van der Waals surface area contributed by atoms with Gasteiger partial charge < -0.3 is 20.4 Å². The first kappa shape index (κ1) is 18.5. The molecule has 1 fully saturated rings. The van der Waals surface area contributed by atoms with Gasteiger partial charge >= 0.3 is 6.03 Å². The largest absolute Gasteiger partial charge is 0.450 e. The van der Waals surface area contributed by atoms with Crippen LogP contribution in [0.2, 0.25) is 5.02 Å². The molecule has 2 aromatic heterocycles. The van der Waals surface area contributed by atoms with E-state index in [4.69, 9.17) is 16.0 Å². The molecule has 1 aliphatic heterocycles. The minimum absolute atomic E-state index is 0.238. The summed E-state index contributed by atoms with van der Waals surface area (Å²) in [6.45, 7) is 0.444. The summed E-state index contributed by atoms with van der Waals surface area (Å²) in [5, 5.41) is 14.0. The minimum Gasteiger partial charge on any atom is -0.450 e. The lowest BCUT2D eigenvalue weighted by atomic mass is 9.74. The van der Waals surface area contributed by atoms with Gasteiger partial charge in [-0.25, -0.2) is 4.79 Å². The Bertz CT molecular complexity index is 1100. The number of urea groups is 1. The third-order valence-corrected chi connectivity index (χ3v) is 6.82. The predicted molar refractivity (Wildman–Crippen MR) is 114 cm³/mol. The van der Waals surface area contributed by atoms with E-state index in [-0.39, 0.29) is 17.7 Å². The van der Waals surface area contributed by atoms with Crippen LogP contribution in [0.25, 0.3) is 11.0 Å². The Morgan fingerprint density at radius 2 is 2.10 bits per heavy atom. The summed E-state index contributed by atoms with van der Waals surface area (Å²) >= 11 is 8.11. The molecule has 0 unspecified atom stereocenters. The molecule has 3 aromatic rings. The molecule has 1 aliphatic carbocycles. The number of hydrogen-bond acceptors (Lipinski definition) is 4. The number of carbonyl (C=O) groups excluding carboxylic acids is 2. The van der Waals surface area contributed by atoms with Gasteiger partial charge in [-0.15, -0.1) is 0 Å². The fraction of sp³-hybridized carbons (Fsp3) is 0.333. The number of carbonyl (C=O) groups is 2. The number of hydrogen-bond donors (Lipinski definition) is 3. The molecule has 2 aliphatic rings. The fourth-order valence-corrected chi connectivity index (χ4v) is 5.39. The van der Waals surface area contributed by atoms with Crippen LogP contribution in [0.4, 0.5) is 10.5 Å². The maximum atomic E-state index is 12.7. The zero-order chi connectivity index (χ0) is 20.0. The number of nitrogens with one attached hydrogen (secondary N) is 3. The number of benzene rings is 1. The first-order valence-corrected chi connectivity index (χ1v) is 11.0. The van der Waals surface area contributed by atoms with Gasteiger partial charge in [0.15, 0.2) is 5.76 Å². The molecule has 3 amide bonds. The van der Waals surface area contributed by atoms with Crippen LogP contribution in [0.15, 0.2) is 33.4 Å². The van der Waals surface area contributed by atoms with Crippen LogP contribution in [0.5, 0.6) is 0 Å². The number of anilines is 1. The van der Waals surface area contributed by atoms with Gasteiger partial charge in [0.25, 0.3) is 5.91 Å². The number of halogens is 1. The lowest BCUT2D eigenvalue weighted by Gasteiger charge is -2.42. The van der Waals surface area contributed by atoms with Gasteiger partial charge in [0, 0.05) is 17.5 Å². The first-order valence-electron chi connectivity index (χ1n) is 9.71. The Morgan fingerprint density at radius 1 is 1.28 bits per heavy atom. The number of rotatable bonds is 3. The summed E-state index contributed by atoms with van der Waals surface area (Å²) in [6.07, 6.45) is 4.82. The van der Waals surface area contributed by atoms with Crippen molar-refractivity contribution in [3.05, 3.63) is 50.9 Å². The van der Waals surface area contributed by atoms with Gasteiger partial charge in [-0.3, -0.25) is 4.79 Å². The number of amides is 3. The van der Waals surface area contributed by atoms with Crippen LogP contribution in [0, 0.1) is 0 Å². The molecule has 3 N–H and O–H groups in total. The second kappa shape index (κ2) is 7.07. The van der Waals surface area contributed by atoms with Crippen molar-refractivity contribution < 1.29 is 14.0 Å². The molecule has 0 bridgehead atoms. The van der Waals surface area contributed by atoms with Crippen LogP contribution in [0.3, 0.4) is 0 Å². The third-order valence-electron chi connectivity index (χ3n) is 5.79. The van der Waals surface area contributed by atoms with Crippen LogP contribution in [-0.2, 0) is 12.1 Å². The highest BCUT2D eigenvalue weighted by Gasteiger charge is 2.43. The standard InChI is InChI=1S/C21H20ClN3O3S/c22-14-8-13-9-15(19(26)23-10-12-4-7-29-11-12)28-18(13)16-17(14)24-20(27)25-21(16)5-2-1-3-6-21/h4,7-9,11H,1-3,5-6,10H2,(H,23,26)(H2,24,25,27). The van der Waals surface area contributed by atoms with Crippen molar-refractivity contribution in [2.24, 2.45) is 0 Å². The van der Waals surface area contributed by atoms with Gasteiger partial charge in [0.1, 0.15) is 5.58 Å². The van der Waals surface area contributed by atoms with Gasteiger partial charge in [-0.05, 0) is 47.4 Å². The van der Waals surface area contributed by atoms with Gasteiger partial charge in [0.2, 0.25) is 0 Å². The van der Waals surface area contributed by atoms with Crippen molar-refractivity contribution in [1.29, 1.82) is 0 Å². The highest BCUT2D eigenvalue weighted by Crippen LogP contribution is 2.48. The molecular weight excluding hydrogens is 410 g/mol. The Hall–Kier alpha value is -2.51. The highest BCUT2D eigenvalue weighted by atomic mass is 35.5. The zero-order valence-corrected chi connectivity index (χ0v) is 17.2. The fourth-order valence-electron chi connectivity index (χ4n) is 4.46. The van der Waals surface area contributed by atoms with Crippen molar-refractivity contribution >= 4 is 51.5 Å². The maximum absolute atomic E-state index is 12.7. The Kier molecular flexibility index (Phi) is 4.52. The Morgan fingerprint density at radius 3 is 2.86 bits per heavy atom. The average molecular weight is 430 g/mol. The Balaban J connectivity index is 1.57. The van der Waals surface area contributed by atoms with Crippen LogP contribution in [0.1, 0.15) is 53.8 Å². The van der Waals surface area contributed by atoms with Crippen molar-refractivity contribution in [3.8, 4) is 0 Å². The van der Waals surface area contributed by atoms with Crippen LogP contribution < -0.4 is 16.0 Å². The summed E-state index contributed by atoms with van der Waals surface area (Å²) in [5.74, 6) is -0.0367. The number of thiophene rings is 1. The second-order valence-corrected chi connectivity index (χ2v) is 8.86. The maximum Gasteiger partial charge on any atom is 0.319 e. The molecule has 0 saturated heterocycles. The summed E-state index contributed by atoms with van der Waals surface area (Å²) in [4.78, 5) is 25.0. The molecule has 6 nitrogen and oxygen atoms in total. The quantitative estimate of drug-likeness (QED) is 0.523. The summed E-state index contributed by atoms with van der Waals surface area (Å²) in [6, 6.07) is 5.19. The van der Waals surface area contributed by atoms with E-state index >= 15 is 0 Å². The van der Waals surface area contributed by atoms with E-state index in [0.717, 1.165) is 48.6 Å². The molecule has 1 spiro atoms.